The van der Waals surface area contributed by atoms with Crippen molar-refractivity contribution in [1.82, 2.24) is 4.57 Å². The maximum atomic E-state index is 13.9. The van der Waals surface area contributed by atoms with Crippen molar-refractivity contribution >= 4 is 43.7 Å². The molecule has 0 saturated carbocycles. The SMILES string of the molecule is Cc1cc(-c2ccc3c(c2)c2cc(-c4cc(C)cc(C(F)(F)F)c4)ccc2n3-c2ccccc2-c2cccc3c2oc2ccccc23)cc(C(F)(F)F)c1. The minimum Gasteiger partial charge on any atom is -0.455 e. The first kappa shape index (κ1) is 33.5. The van der Waals surface area contributed by atoms with E-state index in [1.807, 2.05) is 103 Å². The molecule has 0 unspecified atom stereocenters. The number of hydrogen-bond donors (Lipinski definition) is 0. The molecule has 2 heterocycles. The number of benzene rings is 7. The normalized spacial score (nSPS) is 12.4. The van der Waals surface area contributed by atoms with Gasteiger partial charge in [-0.2, -0.15) is 26.3 Å². The topological polar surface area (TPSA) is 18.1 Å². The van der Waals surface area contributed by atoms with E-state index in [1.54, 1.807) is 26.0 Å². The third-order valence-corrected chi connectivity index (χ3v) is 10.1. The first-order valence-corrected chi connectivity index (χ1v) is 17.3. The number of halogens is 6. The van der Waals surface area contributed by atoms with Gasteiger partial charge in [0.1, 0.15) is 11.2 Å². The van der Waals surface area contributed by atoms with Gasteiger partial charge in [-0.05, 0) is 108 Å². The van der Waals surface area contributed by atoms with Crippen molar-refractivity contribution < 1.29 is 30.8 Å². The summed E-state index contributed by atoms with van der Waals surface area (Å²) < 4.78 is 92.0. The lowest BCUT2D eigenvalue weighted by molar-refractivity contribution is -0.138. The Labute approximate surface area is 305 Å². The van der Waals surface area contributed by atoms with E-state index in [4.69, 9.17) is 4.42 Å². The lowest BCUT2D eigenvalue weighted by Crippen LogP contribution is -2.05. The summed E-state index contributed by atoms with van der Waals surface area (Å²) >= 11 is 0. The highest BCUT2D eigenvalue weighted by Crippen LogP contribution is 2.43. The molecule has 7 aromatic carbocycles. The van der Waals surface area contributed by atoms with Crippen LogP contribution in [0.1, 0.15) is 22.3 Å². The average molecular weight is 726 g/mol. The second-order valence-corrected chi connectivity index (χ2v) is 13.8. The van der Waals surface area contributed by atoms with E-state index in [2.05, 4.69) is 4.57 Å². The smallest absolute Gasteiger partial charge is 0.416 e. The number of fused-ring (bicyclic) bond motifs is 6. The Kier molecular flexibility index (Phi) is 7.54. The standard InChI is InChI=1S/C46H29F6NO/c1-26-18-30(22-32(20-26)45(47,48)49)28-14-16-41-38(24-28)39-25-29(31-19-27(2)21-33(23-31)46(50,51)52)15-17-42(39)53(41)40-12-5-3-8-34(40)36-10-7-11-37-35-9-4-6-13-43(35)54-44(36)37/h3-25H,1-2H3. The highest BCUT2D eigenvalue weighted by atomic mass is 19.4. The molecule has 0 radical (unpaired) electrons. The number of rotatable bonds is 4. The van der Waals surface area contributed by atoms with Gasteiger partial charge in [-0.15, -0.1) is 0 Å². The summed E-state index contributed by atoms with van der Waals surface area (Å²) in [4.78, 5) is 0. The largest absolute Gasteiger partial charge is 0.455 e. The average Bonchev–Trinajstić information content (AvgIpc) is 3.69. The summed E-state index contributed by atoms with van der Waals surface area (Å²) in [6.07, 6.45) is -9.05. The van der Waals surface area contributed by atoms with Gasteiger partial charge in [-0.1, -0.05) is 78.9 Å². The Morgan fingerprint density at radius 2 is 0.963 bits per heavy atom. The molecular formula is C46H29F6NO. The van der Waals surface area contributed by atoms with E-state index >= 15 is 0 Å². The molecule has 8 heteroatoms. The predicted octanol–water partition coefficient (Wildman–Crippen LogP) is 14.3. The van der Waals surface area contributed by atoms with Gasteiger partial charge >= 0.3 is 12.4 Å². The van der Waals surface area contributed by atoms with Crippen LogP contribution in [0.4, 0.5) is 26.3 Å². The Morgan fingerprint density at radius 1 is 0.444 bits per heavy atom. The van der Waals surface area contributed by atoms with Crippen LogP contribution >= 0.6 is 0 Å². The molecule has 0 aliphatic rings. The highest BCUT2D eigenvalue weighted by molar-refractivity contribution is 6.13. The van der Waals surface area contributed by atoms with Crippen LogP contribution < -0.4 is 0 Å². The fourth-order valence-electron chi connectivity index (χ4n) is 7.72. The molecule has 2 nitrogen and oxygen atoms in total. The molecular weight excluding hydrogens is 697 g/mol. The molecule has 0 bridgehead atoms. The maximum absolute atomic E-state index is 13.9. The number of nitrogens with zero attached hydrogens (tertiary/aromatic N) is 1. The van der Waals surface area contributed by atoms with E-state index < -0.39 is 23.5 Å². The fraction of sp³-hybridized carbons (Fsp3) is 0.0870. The first-order chi connectivity index (χ1) is 25.8. The summed E-state index contributed by atoms with van der Waals surface area (Å²) in [5.74, 6) is 0. The third kappa shape index (κ3) is 5.61. The molecule has 9 aromatic rings. The van der Waals surface area contributed by atoms with Crippen LogP contribution in [-0.4, -0.2) is 4.57 Å². The molecule has 9 rings (SSSR count). The summed E-state index contributed by atoms with van der Waals surface area (Å²) in [6.45, 7) is 3.26. The molecule has 0 aliphatic heterocycles. The lowest BCUT2D eigenvalue weighted by Gasteiger charge is -2.15. The van der Waals surface area contributed by atoms with Crippen molar-refractivity contribution in [3.63, 3.8) is 0 Å². The fourth-order valence-corrected chi connectivity index (χ4v) is 7.72. The van der Waals surface area contributed by atoms with Crippen molar-refractivity contribution in [3.05, 3.63) is 162 Å². The van der Waals surface area contributed by atoms with E-state index in [9.17, 15) is 26.3 Å². The predicted molar refractivity (Wildman–Crippen MR) is 204 cm³/mol. The van der Waals surface area contributed by atoms with Gasteiger partial charge in [-0.3, -0.25) is 0 Å². The second kappa shape index (κ2) is 12.1. The van der Waals surface area contributed by atoms with E-state index in [0.29, 0.717) is 33.4 Å². The van der Waals surface area contributed by atoms with Crippen molar-refractivity contribution in [2.45, 2.75) is 26.2 Å². The summed E-state index contributed by atoms with van der Waals surface area (Å²) in [5, 5.41) is 3.44. The van der Waals surface area contributed by atoms with Crippen LogP contribution in [0.5, 0.6) is 0 Å². The molecule has 2 aromatic heterocycles. The Morgan fingerprint density at radius 3 is 1.56 bits per heavy atom. The molecule has 0 aliphatic carbocycles. The minimum atomic E-state index is -4.52. The van der Waals surface area contributed by atoms with Gasteiger partial charge in [0.2, 0.25) is 0 Å². The van der Waals surface area contributed by atoms with Crippen molar-refractivity contribution in [1.29, 1.82) is 0 Å². The van der Waals surface area contributed by atoms with Gasteiger partial charge in [0.05, 0.1) is 27.8 Å². The number of furan rings is 1. The third-order valence-electron chi connectivity index (χ3n) is 10.1. The molecule has 0 amide bonds. The van der Waals surface area contributed by atoms with Crippen LogP contribution in [0, 0.1) is 13.8 Å². The van der Waals surface area contributed by atoms with E-state index in [0.717, 1.165) is 84.8 Å². The van der Waals surface area contributed by atoms with Gasteiger partial charge in [0, 0.05) is 32.7 Å². The minimum absolute atomic E-state index is 0.409. The Bertz CT molecular complexity index is 2820. The number of aryl methyl sites for hydroxylation is 2. The monoisotopic (exact) mass is 725 g/mol. The molecule has 266 valence electrons. The summed E-state index contributed by atoms with van der Waals surface area (Å²) in [7, 11) is 0. The zero-order valence-corrected chi connectivity index (χ0v) is 28.9. The quantitative estimate of drug-likeness (QED) is 0.165. The molecule has 0 spiro atoms. The zero-order chi connectivity index (χ0) is 37.5. The number of alkyl halides is 6. The van der Waals surface area contributed by atoms with Crippen LogP contribution in [0.25, 0.3) is 82.8 Å². The van der Waals surface area contributed by atoms with Crippen LogP contribution in [-0.2, 0) is 12.4 Å². The van der Waals surface area contributed by atoms with Crippen molar-refractivity contribution in [2.75, 3.05) is 0 Å². The van der Waals surface area contributed by atoms with Crippen molar-refractivity contribution in [2.24, 2.45) is 0 Å². The molecule has 0 fully saturated rings. The Hall–Kier alpha value is -6.28. The number of hydrogen-bond acceptors (Lipinski definition) is 1. The molecule has 54 heavy (non-hydrogen) atoms. The molecule has 0 N–H and O–H groups in total. The summed E-state index contributed by atoms with van der Waals surface area (Å²) in [5.41, 5.74) is 7.08. The summed E-state index contributed by atoms with van der Waals surface area (Å²) in [6, 6.07) is 40.9. The van der Waals surface area contributed by atoms with Crippen LogP contribution in [0.3, 0.4) is 0 Å². The highest BCUT2D eigenvalue weighted by Gasteiger charge is 2.32. The first-order valence-electron chi connectivity index (χ1n) is 17.3. The van der Waals surface area contributed by atoms with Gasteiger partial charge in [0.15, 0.2) is 0 Å². The number of para-hydroxylation sites is 3. The van der Waals surface area contributed by atoms with Crippen LogP contribution in [0.2, 0.25) is 0 Å². The van der Waals surface area contributed by atoms with Crippen LogP contribution in [0.15, 0.2) is 144 Å². The zero-order valence-electron chi connectivity index (χ0n) is 28.9. The Balaban J connectivity index is 1.32. The lowest BCUT2D eigenvalue weighted by atomic mass is 9.96. The van der Waals surface area contributed by atoms with Gasteiger partial charge in [0.25, 0.3) is 0 Å². The molecule has 0 saturated heterocycles. The molecule has 0 atom stereocenters. The van der Waals surface area contributed by atoms with E-state index in [-0.39, 0.29) is 0 Å². The van der Waals surface area contributed by atoms with Gasteiger partial charge < -0.3 is 8.98 Å². The maximum Gasteiger partial charge on any atom is 0.416 e. The second-order valence-electron chi connectivity index (χ2n) is 13.8. The van der Waals surface area contributed by atoms with Gasteiger partial charge in [-0.25, -0.2) is 0 Å². The number of aromatic nitrogens is 1. The van der Waals surface area contributed by atoms with E-state index in [1.165, 1.54) is 0 Å². The van der Waals surface area contributed by atoms with Crippen molar-refractivity contribution in [3.8, 4) is 39.1 Å².